The van der Waals surface area contributed by atoms with Gasteiger partial charge in [0.15, 0.2) is 11.5 Å². The normalized spacial score (nSPS) is 18.2. The van der Waals surface area contributed by atoms with Gasteiger partial charge in [0.05, 0.1) is 22.6 Å². The Morgan fingerprint density at radius 3 is 1.79 bits per heavy atom. The summed E-state index contributed by atoms with van der Waals surface area (Å²) in [4.78, 5) is 13.3. The Kier molecular flexibility index (Phi) is 9.24. The van der Waals surface area contributed by atoms with Gasteiger partial charge in [-0.1, -0.05) is 52.4 Å². The summed E-state index contributed by atoms with van der Waals surface area (Å²) in [6, 6.07) is 11.2. The average molecular weight is 666 g/mol. The summed E-state index contributed by atoms with van der Waals surface area (Å²) in [6.45, 7) is 8.53. The molecule has 0 aromatic carbocycles. The Morgan fingerprint density at radius 2 is 1.25 bits per heavy atom. The van der Waals surface area contributed by atoms with Crippen LogP contribution in [0.3, 0.4) is 0 Å². The molecule has 2 aliphatic carbocycles. The first-order valence-corrected chi connectivity index (χ1v) is 17.1. The molecule has 48 heavy (non-hydrogen) atoms. The summed E-state index contributed by atoms with van der Waals surface area (Å²) >= 11 is 0. The molecule has 4 heterocycles. The van der Waals surface area contributed by atoms with Crippen LogP contribution in [0.4, 0.5) is 22.0 Å². The fourth-order valence-electron chi connectivity index (χ4n) is 7.75. The molecule has 4 aromatic heterocycles. The highest BCUT2D eigenvalue weighted by Crippen LogP contribution is 2.42. The van der Waals surface area contributed by atoms with E-state index in [0.717, 1.165) is 87.5 Å². The predicted molar refractivity (Wildman–Crippen MR) is 176 cm³/mol. The van der Waals surface area contributed by atoms with Gasteiger partial charge in [-0.3, -0.25) is 4.98 Å². The minimum absolute atomic E-state index is 0.0629. The predicted octanol–water partition coefficient (Wildman–Crippen LogP) is 10.4. The molecule has 0 aliphatic heterocycles. The molecule has 0 N–H and O–H groups in total. The molecular formula is C38H44F5N5. The van der Waals surface area contributed by atoms with Crippen molar-refractivity contribution in [3.63, 3.8) is 0 Å². The second-order valence-corrected chi connectivity index (χ2v) is 15.3. The summed E-state index contributed by atoms with van der Waals surface area (Å²) in [5, 5.41) is 3.84. The zero-order valence-electron chi connectivity index (χ0n) is 28.2. The second-order valence-electron chi connectivity index (χ2n) is 15.3. The smallest absolute Gasteiger partial charge is 0.252 e. The molecule has 4 aromatic rings. The molecule has 0 atom stereocenters. The van der Waals surface area contributed by atoms with Gasteiger partial charge in [-0.2, -0.15) is 32.0 Å². The molecule has 0 spiro atoms. The monoisotopic (exact) mass is 665 g/mol. The Bertz CT molecular complexity index is 1760. The lowest BCUT2D eigenvalue weighted by Crippen LogP contribution is -2.27. The third-order valence-corrected chi connectivity index (χ3v) is 10.6. The Balaban J connectivity index is 1.48. The molecule has 0 amide bonds. The van der Waals surface area contributed by atoms with E-state index in [2.05, 4.69) is 23.9 Å². The first-order chi connectivity index (χ1) is 22.6. The maximum atomic E-state index is 15.1. The highest BCUT2D eigenvalue weighted by Gasteiger charge is 2.35. The Morgan fingerprint density at radius 1 is 0.688 bits per heavy atom. The number of pyridine rings is 3. The van der Waals surface area contributed by atoms with E-state index in [1.165, 1.54) is 29.8 Å². The van der Waals surface area contributed by atoms with E-state index in [-0.39, 0.29) is 16.4 Å². The largest absolute Gasteiger partial charge is 0.435 e. The van der Waals surface area contributed by atoms with Gasteiger partial charge in [0.2, 0.25) is 11.9 Å². The van der Waals surface area contributed by atoms with Crippen LogP contribution < -0.4 is 0 Å². The molecule has 2 aliphatic rings. The van der Waals surface area contributed by atoms with Crippen molar-refractivity contribution in [2.75, 3.05) is 0 Å². The highest BCUT2D eigenvalue weighted by molar-refractivity contribution is 5.60. The third-order valence-electron chi connectivity index (χ3n) is 10.6. The summed E-state index contributed by atoms with van der Waals surface area (Å²) in [7, 11) is 0. The van der Waals surface area contributed by atoms with Crippen LogP contribution in [-0.2, 0) is 24.4 Å². The van der Waals surface area contributed by atoms with E-state index >= 15 is 4.39 Å². The van der Waals surface area contributed by atoms with Crippen LogP contribution in [0.15, 0.2) is 48.7 Å². The SMILES string of the molecule is CC1(Cc2cc(-c3ccc(F)nc3F)nc(C(C)(C)c3cc(CC4(C)CCCCC4)cc(-n4ccc(C(F)(F)F)n4)n3)c2)CCCCC1. The number of hydrogen-bond donors (Lipinski definition) is 0. The van der Waals surface area contributed by atoms with Gasteiger partial charge < -0.3 is 0 Å². The van der Waals surface area contributed by atoms with E-state index in [1.807, 2.05) is 38.1 Å². The lowest BCUT2D eigenvalue weighted by molar-refractivity contribution is -0.141. The molecule has 5 nitrogen and oxygen atoms in total. The van der Waals surface area contributed by atoms with Crippen molar-refractivity contribution in [2.24, 2.45) is 10.8 Å². The highest BCUT2D eigenvalue weighted by atomic mass is 19.4. The fourth-order valence-corrected chi connectivity index (χ4v) is 7.75. The maximum Gasteiger partial charge on any atom is 0.435 e. The van der Waals surface area contributed by atoms with Crippen LogP contribution >= 0.6 is 0 Å². The van der Waals surface area contributed by atoms with Crippen molar-refractivity contribution < 1.29 is 22.0 Å². The summed E-state index contributed by atoms with van der Waals surface area (Å²) < 4.78 is 70.8. The zero-order valence-corrected chi connectivity index (χ0v) is 28.2. The minimum Gasteiger partial charge on any atom is -0.252 e. The average Bonchev–Trinajstić information content (AvgIpc) is 3.53. The van der Waals surface area contributed by atoms with Crippen molar-refractivity contribution in [3.8, 4) is 17.1 Å². The maximum absolute atomic E-state index is 15.1. The van der Waals surface area contributed by atoms with E-state index in [9.17, 15) is 17.6 Å². The third kappa shape index (κ3) is 7.47. The van der Waals surface area contributed by atoms with Crippen LogP contribution in [0.2, 0.25) is 0 Å². The standard InChI is InChI=1S/C38H44F5N5/c1-35(2,30-20-25(23-36(3)14-7-5-8-15-36)19-28(44-30)27-11-12-32(39)46-34(27)40)31-21-26(24-37(4)16-9-6-10-17-37)22-33(45-31)48-18-13-29(47-48)38(41,42)43/h11-13,18-22H,5-10,14-17,23-24H2,1-4H3. The quantitative estimate of drug-likeness (QED) is 0.139. The molecule has 0 radical (unpaired) electrons. The van der Waals surface area contributed by atoms with E-state index in [1.54, 1.807) is 0 Å². The van der Waals surface area contributed by atoms with E-state index in [4.69, 9.17) is 9.97 Å². The van der Waals surface area contributed by atoms with Crippen LogP contribution in [-0.4, -0.2) is 24.7 Å². The molecule has 6 rings (SSSR count). The van der Waals surface area contributed by atoms with E-state index < -0.39 is 29.2 Å². The number of alkyl halides is 3. The van der Waals surface area contributed by atoms with Gasteiger partial charge in [-0.15, -0.1) is 0 Å². The van der Waals surface area contributed by atoms with Crippen molar-refractivity contribution in [2.45, 2.75) is 116 Å². The first-order valence-electron chi connectivity index (χ1n) is 17.1. The number of nitrogens with zero attached hydrogens (tertiary/aromatic N) is 5. The van der Waals surface area contributed by atoms with Gasteiger partial charge in [0, 0.05) is 11.6 Å². The number of aromatic nitrogens is 5. The van der Waals surface area contributed by atoms with Crippen molar-refractivity contribution in [1.29, 1.82) is 0 Å². The van der Waals surface area contributed by atoms with Gasteiger partial charge >= 0.3 is 6.18 Å². The van der Waals surface area contributed by atoms with Crippen LogP contribution in [0, 0.1) is 22.7 Å². The molecule has 0 bridgehead atoms. The Hall–Kier alpha value is -3.69. The molecule has 0 saturated heterocycles. The van der Waals surface area contributed by atoms with Gasteiger partial charge in [0.25, 0.3) is 0 Å². The van der Waals surface area contributed by atoms with Gasteiger partial charge in [0.1, 0.15) is 0 Å². The van der Waals surface area contributed by atoms with Gasteiger partial charge in [-0.05, 0) is 117 Å². The van der Waals surface area contributed by atoms with Crippen LogP contribution in [0.1, 0.15) is 120 Å². The second kappa shape index (κ2) is 13.0. The fraction of sp³-hybridized carbons (Fsp3) is 0.526. The topological polar surface area (TPSA) is 56.5 Å². The Labute approximate surface area is 279 Å². The molecule has 2 saturated carbocycles. The molecule has 256 valence electrons. The zero-order chi connectivity index (χ0) is 34.3. The van der Waals surface area contributed by atoms with Crippen LogP contribution in [0.25, 0.3) is 17.1 Å². The lowest BCUT2D eigenvalue weighted by atomic mass is 9.71. The molecular weight excluding hydrogens is 621 g/mol. The van der Waals surface area contributed by atoms with Crippen molar-refractivity contribution in [3.05, 3.63) is 88.8 Å². The summed E-state index contributed by atoms with van der Waals surface area (Å²) in [5.41, 5.74) is 1.98. The summed E-state index contributed by atoms with van der Waals surface area (Å²) in [5.74, 6) is -1.55. The molecule has 0 unspecified atom stereocenters. The first kappa shape index (κ1) is 34.2. The number of rotatable bonds is 8. The van der Waals surface area contributed by atoms with E-state index in [0.29, 0.717) is 22.9 Å². The molecule has 2 fully saturated rings. The molecule has 10 heteroatoms. The van der Waals surface area contributed by atoms with Crippen LogP contribution in [0.5, 0.6) is 0 Å². The number of halogens is 5. The van der Waals surface area contributed by atoms with Crippen molar-refractivity contribution >= 4 is 0 Å². The lowest BCUT2D eigenvalue weighted by Gasteiger charge is -2.35. The minimum atomic E-state index is -4.58. The van der Waals surface area contributed by atoms with Crippen molar-refractivity contribution in [1.82, 2.24) is 24.7 Å². The summed E-state index contributed by atoms with van der Waals surface area (Å²) in [6.07, 6.45) is 9.59. The van der Waals surface area contributed by atoms with Gasteiger partial charge in [-0.25, -0.2) is 9.67 Å². The number of hydrogen-bond acceptors (Lipinski definition) is 4.